The van der Waals surface area contributed by atoms with Gasteiger partial charge in [-0.15, -0.1) is 10.2 Å². The molecule has 0 saturated heterocycles. The Morgan fingerprint density at radius 1 is 0.875 bits per heavy atom. The minimum Gasteiger partial charge on any atom is -0.300 e. The Hall–Kier alpha value is -3.86. The van der Waals surface area contributed by atoms with Gasteiger partial charge < -0.3 is 0 Å². The van der Waals surface area contributed by atoms with Crippen LogP contribution in [0.1, 0.15) is 47.2 Å². The summed E-state index contributed by atoms with van der Waals surface area (Å²) in [5.41, 5.74) is 5.08. The molecule has 4 aromatic rings. The summed E-state index contributed by atoms with van der Waals surface area (Å²) in [5.74, 6) is 1.68. The van der Waals surface area contributed by atoms with Crippen molar-refractivity contribution in [2.24, 2.45) is 4.99 Å². The van der Waals surface area contributed by atoms with Crippen molar-refractivity contribution in [3.63, 3.8) is 0 Å². The van der Waals surface area contributed by atoms with Gasteiger partial charge in [0.1, 0.15) is 17.6 Å². The van der Waals surface area contributed by atoms with Crippen molar-refractivity contribution in [2.45, 2.75) is 32.2 Å². The number of Topliss-reactive ketones (excluding diaryl/α,β-unsaturated/α-hetero) is 1. The minimum absolute atomic E-state index is 0.174. The maximum Gasteiger partial charge on any atom is 0.162 e. The molecular formula is C27H24N4O. The third-order valence-electron chi connectivity index (χ3n) is 5.84. The Bertz CT molecular complexity index is 1280. The van der Waals surface area contributed by atoms with E-state index in [-0.39, 0.29) is 11.8 Å². The van der Waals surface area contributed by atoms with Crippen LogP contribution in [0.3, 0.4) is 0 Å². The molecule has 0 saturated carbocycles. The highest BCUT2D eigenvalue weighted by Gasteiger charge is 2.29. The van der Waals surface area contributed by atoms with E-state index in [0.717, 1.165) is 34.8 Å². The maximum atomic E-state index is 13.0. The first kappa shape index (κ1) is 20.1. The first-order valence-electron chi connectivity index (χ1n) is 10.9. The van der Waals surface area contributed by atoms with Crippen LogP contribution >= 0.6 is 0 Å². The van der Waals surface area contributed by atoms with Crippen LogP contribution in [0.25, 0.3) is 5.69 Å². The van der Waals surface area contributed by atoms with E-state index in [1.165, 1.54) is 5.56 Å². The standard InChI is InChI=1S/C27H24N4O/c1-19-29-30-27-24(18-22(32)17-16-20-10-4-2-5-11-20)28-26(21-12-6-3-7-13-21)23-14-8-9-15-25(23)31(19)27/h2-15,24H,16-18H2,1H3. The smallest absolute Gasteiger partial charge is 0.162 e. The van der Waals surface area contributed by atoms with Gasteiger partial charge in [0.25, 0.3) is 0 Å². The highest BCUT2D eigenvalue weighted by Crippen LogP contribution is 2.32. The van der Waals surface area contributed by atoms with Crippen LogP contribution in [0.2, 0.25) is 0 Å². The van der Waals surface area contributed by atoms with E-state index in [9.17, 15) is 4.79 Å². The van der Waals surface area contributed by atoms with Gasteiger partial charge in [0.2, 0.25) is 0 Å². The number of aryl methyl sites for hydroxylation is 2. The second-order valence-corrected chi connectivity index (χ2v) is 8.05. The van der Waals surface area contributed by atoms with Crippen molar-refractivity contribution in [1.82, 2.24) is 14.8 Å². The summed E-state index contributed by atoms with van der Waals surface area (Å²) in [4.78, 5) is 18.1. The normalized spacial score (nSPS) is 14.8. The van der Waals surface area contributed by atoms with Gasteiger partial charge in [-0.1, -0.05) is 78.9 Å². The largest absolute Gasteiger partial charge is 0.300 e. The number of nitrogens with zero attached hydrogens (tertiary/aromatic N) is 4. The van der Waals surface area contributed by atoms with Gasteiger partial charge >= 0.3 is 0 Å². The SMILES string of the molecule is Cc1nnc2n1-c1ccccc1C(c1ccccc1)=NC2CC(=O)CCc1ccccc1. The van der Waals surface area contributed by atoms with Gasteiger partial charge in [0, 0.05) is 24.0 Å². The third kappa shape index (κ3) is 3.89. The number of para-hydroxylation sites is 1. The van der Waals surface area contributed by atoms with Gasteiger partial charge in [-0.2, -0.15) is 0 Å². The molecule has 3 aromatic carbocycles. The molecule has 1 atom stereocenters. The number of fused-ring (bicyclic) bond motifs is 3. The predicted octanol–water partition coefficient (Wildman–Crippen LogP) is 5.06. The molecule has 0 spiro atoms. The van der Waals surface area contributed by atoms with E-state index < -0.39 is 0 Å². The molecular weight excluding hydrogens is 396 g/mol. The van der Waals surface area contributed by atoms with Crippen molar-refractivity contribution in [3.8, 4) is 5.69 Å². The molecule has 1 aliphatic rings. The molecule has 5 heteroatoms. The monoisotopic (exact) mass is 420 g/mol. The number of aliphatic imine (C=N–C) groups is 1. The zero-order valence-corrected chi connectivity index (χ0v) is 18.0. The fourth-order valence-corrected chi connectivity index (χ4v) is 4.25. The van der Waals surface area contributed by atoms with Gasteiger partial charge in [0.05, 0.1) is 11.4 Å². The summed E-state index contributed by atoms with van der Waals surface area (Å²) in [6.07, 6.45) is 1.51. The average Bonchev–Trinajstić information content (AvgIpc) is 3.16. The van der Waals surface area contributed by atoms with Gasteiger partial charge in [-0.25, -0.2) is 0 Å². The quantitative estimate of drug-likeness (QED) is 0.438. The van der Waals surface area contributed by atoms with E-state index in [0.29, 0.717) is 18.7 Å². The lowest BCUT2D eigenvalue weighted by atomic mass is 10.00. The van der Waals surface area contributed by atoms with E-state index in [1.54, 1.807) is 0 Å². The Morgan fingerprint density at radius 3 is 2.34 bits per heavy atom. The summed E-state index contributed by atoms with van der Waals surface area (Å²) in [5, 5.41) is 8.77. The number of benzene rings is 3. The highest BCUT2D eigenvalue weighted by molar-refractivity contribution is 6.15. The van der Waals surface area contributed by atoms with Crippen LogP contribution < -0.4 is 0 Å². The van der Waals surface area contributed by atoms with E-state index in [4.69, 9.17) is 4.99 Å². The van der Waals surface area contributed by atoms with Crippen molar-refractivity contribution < 1.29 is 4.79 Å². The van der Waals surface area contributed by atoms with Crippen molar-refractivity contribution in [1.29, 1.82) is 0 Å². The van der Waals surface area contributed by atoms with Crippen LogP contribution in [0.4, 0.5) is 0 Å². The van der Waals surface area contributed by atoms with Crippen LogP contribution in [-0.4, -0.2) is 26.3 Å². The van der Waals surface area contributed by atoms with Crippen molar-refractivity contribution >= 4 is 11.5 Å². The van der Waals surface area contributed by atoms with E-state index in [1.807, 2.05) is 60.0 Å². The number of aromatic nitrogens is 3. The first-order chi connectivity index (χ1) is 15.7. The summed E-state index contributed by atoms with van der Waals surface area (Å²) in [6.45, 7) is 1.94. The molecule has 32 heavy (non-hydrogen) atoms. The number of carbonyl (C=O) groups is 1. The summed E-state index contributed by atoms with van der Waals surface area (Å²) < 4.78 is 2.05. The molecule has 2 heterocycles. The predicted molar refractivity (Wildman–Crippen MR) is 125 cm³/mol. The molecule has 1 aromatic heterocycles. The lowest BCUT2D eigenvalue weighted by Gasteiger charge is -2.12. The fourth-order valence-electron chi connectivity index (χ4n) is 4.25. The topological polar surface area (TPSA) is 60.1 Å². The number of ketones is 1. The number of rotatable bonds is 6. The Kier molecular flexibility index (Phi) is 5.46. The zero-order chi connectivity index (χ0) is 21.9. The molecule has 0 bridgehead atoms. The molecule has 1 aliphatic heterocycles. The van der Waals surface area contributed by atoms with Gasteiger partial charge in [-0.3, -0.25) is 14.4 Å². The Labute approximate surface area is 187 Å². The molecule has 0 radical (unpaired) electrons. The summed E-state index contributed by atoms with van der Waals surface area (Å²) in [6, 6.07) is 28.0. The second kappa shape index (κ2) is 8.71. The minimum atomic E-state index is -0.387. The van der Waals surface area contributed by atoms with Gasteiger partial charge in [-0.05, 0) is 25.0 Å². The molecule has 5 nitrogen and oxygen atoms in total. The molecule has 5 rings (SSSR count). The van der Waals surface area contributed by atoms with Crippen molar-refractivity contribution in [2.75, 3.05) is 0 Å². The van der Waals surface area contributed by atoms with Crippen molar-refractivity contribution in [3.05, 3.63) is 113 Å². The van der Waals surface area contributed by atoms with Crippen LogP contribution in [0.5, 0.6) is 0 Å². The fraction of sp³-hybridized carbons (Fsp3) is 0.185. The molecule has 0 fully saturated rings. The zero-order valence-electron chi connectivity index (χ0n) is 18.0. The molecule has 0 amide bonds. The average molecular weight is 421 g/mol. The maximum absolute atomic E-state index is 13.0. The van der Waals surface area contributed by atoms with Crippen LogP contribution in [-0.2, 0) is 11.2 Å². The molecule has 158 valence electrons. The molecule has 0 N–H and O–H groups in total. The second-order valence-electron chi connectivity index (χ2n) is 8.05. The third-order valence-corrected chi connectivity index (χ3v) is 5.84. The van der Waals surface area contributed by atoms with E-state index in [2.05, 4.69) is 46.6 Å². The number of carbonyl (C=O) groups excluding carboxylic acids is 1. The first-order valence-corrected chi connectivity index (χ1v) is 10.9. The lowest BCUT2D eigenvalue weighted by molar-refractivity contribution is -0.119. The Balaban J connectivity index is 1.53. The van der Waals surface area contributed by atoms with E-state index >= 15 is 0 Å². The lowest BCUT2D eigenvalue weighted by Crippen LogP contribution is -2.11. The van der Waals surface area contributed by atoms with Crippen LogP contribution in [0.15, 0.2) is 89.9 Å². The summed E-state index contributed by atoms with van der Waals surface area (Å²) >= 11 is 0. The molecule has 1 unspecified atom stereocenters. The highest BCUT2D eigenvalue weighted by atomic mass is 16.1. The Morgan fingerprint density at radius 2 is 1.56 bits per heavy atom. The number of hydrogen-bond donors (Lipinski definition) is 0. The van der Waals surface area contributed by atoms with Gasteiger partial charge in [0.15, 0.2) is 5.82 Å². The number of hydrogen-bond acceptors (Lipinski definition) is 4. The van der Waals surface area contributed by atoms with Crippen LogP contribution in [0, 0.1) is 6.92 Å². The molecule has 0 aliphatic carbocycles. The summed E-state index contributed by atoms with van der Waals surface area (Å²) in [7, 11) is 0.